The molecule has 402 valence electrons. The van der Waals surface area contributed by atoms with E-state index in [1.807, 2.05) is 0 Å². The van der Waals surface area contributed by atoms with Crippen molar-refractivity contribution in [2.45, 2.75) is 238 Å². The number of aliphatic hydroxyl groups is 1. The summed E-state index contributed by atoms with van der Waals surface area (Å²) >= 11 is 0. The molecule has 70 heavy (non-hydrogen) atoms. The quantitative estimate of drug-likeness (QED) is 0.0197. The second-order valence-corrected chi connectivity index (χ2v) is 19.5. The van der Waals surface area contributed by atoms with Gasteiger partial charge in [0.1, 0.15) is 12.7 Å². The Morgan fingerprint density at radius 1 is 0.414 bits per heavy atom. The predicted molar refractivity (Wildman–Crippen MR) is 288 cm³/mol. The molecule has 0 amide bonds. The number of carbonyl (C=O) groups is 3. The third-order valence-electron chi connectivity index (χ3n) is 11.3. The van der Waals surface area contributed by atoms with Gasteiger partial charge in [0.2, 0.25) is 0 Å². The summed E-state index contributed by atoms with van der Waals surface area (Å²) in [4.78, 5) is 48.4. The number of ether oxygens (including phenoxy) is 3. The summed E-state index contributed by atoms with van der Waals surface area (Å²) in [5.74, 6) is -1.54. The number of phosphoric acid groups is 1. The zero-order valence-corrected chi connectivity index (χ0v) is 45.1. The normalized spacial score (nSPS) is 14.1. The van der Waals surface area contributed by atoms with Crippen molar-refractivity contribution in [1.29, 1.82) is 0 Å². The molecule has 0 aromatic heterocycles. The molecule has 0 aromatic carbocycles. The topological polar surface area (TPSA) is 155 Å². The van der Waals surface area contributed by atoms with Gasteiger partial charge < -0.3 is 24.2 Å². The van der Waals surface area contributed by atoms with Crippen LogP contribution in [0.25, 0.3) is 0 Å². The second kappa shape index (κ2) is 52.0. The van der Waals surface area contributed by atoms with Crippen LogP contribution in [0.2, 0.25) is 0 Å². The number of rotatable bonds is 50. The van der Waals surface area contributed by atoms with Crippen molar-refractivity contribution in [2.75, 3.05) is 26.4 Å². The van der Waals surface area contributed by atoms with Crippen LogP contribution in [0.4, 0.5) is 0 Å². The van der Waals surface area contributed by atoms with Crippen LogP contribution in [-0.2, 0) is 42.2 Å². The van der Waals surface area contributed by atoms with Crippen molar-refractivity contribution in [3.8, 4) is 0 Å². The van der Waals surface area contributed by atoms with Gasteiger partial charge in [0.25, 0.3) is 0 Å². The van der Waals surface area contributed by atoms with Crippen LogP contribution in [0.5, 0.6) is 0 Å². The zero-order valence-electron chi connectivity index (χ0n) is 44.2. The molecule has 0 rings (SSSR count). The smallest absolute Gasteiger partial charge is 0.462 e. The van der Waals surface area contributed by atoms with E-state index in [2.05, 4.69) is 106 Å². The first-order valence-electron chi connectivity index (χ1n) is 27.5. The van der Waals surface area contributed by atoms with Crippen molar-refractivity contribution in [2.24, 2.45) is 0 Å². The van der Waals surface area contributed by atoms with E-state index in [0.29, 0.717) is 19.3 Å². The minimum Gasteiger partial charge on any atom is -0.462 e. The Morgan fingerprint density at radius 3 is 1.16 bits per heavy atom. The lowest BCUT2D eigenvalue weighted by molar-refractivity contribution is -0.161. The van der Waals surface area contributed by atoms with E-state index in [-0.39, 0.29) is 25.9 Å². The first kappa shape index (κ1) is 66.7. The maximum absolute atomic E-state index is 12.9. The van der Waals surface area contributed by atoms with E-state index in [1.165, 1.54) is 38.5 Å². The van der Waals surface area contributed by atoms with Gasteiger partial charge in [0.05, 0.1) is 19.8 Å². The predicted octanol–water partition coefficient (Wildman–Crippen LogP) is 15.9. The molecule has 0 saturated carbocycles. The highest BCUT2D eigenvalue weighted by atomic mass is 31.2. The summed E-state index contributed by atoms with van der Waals surface area (Å²) in [6.45, 7) is 4.40. The van der Waals surface area contributed by atoms with Crippen LogP contribution in [0, 0.1) is 0 Å². The molecule has 0 aliphatic rings. The highest BCUT2D eigenvalue weighted by molar-refractivity contribution is 7.47. The van der Waals surface area contributed by atoms with Crippen molar-refractivity contribution in [3.63, 3.8) is 0 Å². The lowest BCUT2D eigenvalue weighted by Gasteiger charge is -2.21. The fourth-order valence-corrected chi connectivity index (χ4v) is 7.86. The van der Waals surface area contributed by atoms with Gasteiger partial charge in [-0.15, -0.1) is 0 Å². The molecule has 0 aromatic rings. The number of esters is 3. The molecule has 3 unspecified atom stereocenters. The van der Waals surface area contributed by atoms with Crippen molar-refractivity contribution < 1.29 is 52.2 Å². The summed E-state index contributed by atoms with van der Waals surface area (Å²) in [6.07, 6.45) is 58.3. The number of phosphoric ester groups is 1. The lowest BCUT2D eigenvalue weighted by Crippen LogP contribution is -2.30. The summed E-state index contributed by atoms with van der Waals surface area (Å²) < 4.78 is 39.4. The highest BCUT2D eigenvalue weighted by Crippen LogP contribution is 2.43. The number of hydrogen-bond donors (Lipinski definition) is 2. The first-order valence-corrected chi connectivity index (χ1v) is 29.0. The van der Waals surface area contributed by atoms with E-state index in [1.54, 1.807) is 0 Å². The molecule has 0 aliphatic carbocycles. The van der Waals surface area contributed by atoms with Gasteiger partial charge in [-0.25, -0.2) is 4.57 Å². The fourth-order valence-electron chi connectivity index (χ4n) is 7.08. The van der Waals surface area contributed by atoms with Crippen LogP contribution in [0.1, 0.15) is 226 Å². The molecule has 2 N–H and O–H groups in total. The summed E-state index contributed by atoms with van der Waals surface area (Å²) in [5.41, 5.74) is 0. The van der Waals surface area contributed by atoms with Crippen molar-refractivity contribution >= 4 is 25.7 Å². The minimum atomic E-state index is -4.76. The fraction of sp³-hybridized carbons (Fsp3) is 0.707. The molecule has 0 heterocycles. The SMILES string of the molecule is CC/C=C\C/C=C\C/C=C\CCCCCC(=O)OCC(COP(=O)(O)OCC(CO)OC(=O)CCCCCCC/C=C\C/C=C\CCCCC)OC(=O)CCCCCCC/C=C\C/C=C\CCCCC. The maximum Gasteiger partial charge on any atom is 0.472 e. The minimum absolute atomic E-state index is 0.141. The van der Waals surface area contributed by atoms with Crippen LogP contribution in [0.3, 0.4) is 0 Å². The number of unbranched alkanes of at least 4 members (excludes halogenated alkanes) is 19. The summed E-state index contributed by atoms with van der Waals surface area (Å²) in [5, 5.41) is 9.80. The van der Waals surface area contributed by atoms with E-state index in [9.17, 15) is 28.9 Å². The molecule has 0 saturated heterocycles. The average Bonchev–Trinajstić information content (AvgIpc) is 3.35. The largest absolute Gasteiger partial charge is 0.472 e. The van der Waals surface area contributed by atoms with E-state index < -0.39 is 57.8 Å². The van der Waals surface area contributed by atoms with E-state index >= 15 is 0 Å². The third kappa shape index (κ3) is 49.6. The average molecular weight is 1000 g/mol. The van der Waals surface area contributed by atoms with Crippen LogP contribution in [-0.4, -0.2) is 66.5 Å². The Labute approximate surface area is 426 Å². The zero-order chi connectivity index (χ0) is 51.3. The van der Waals surface area contributed by atoms with Crippen LogP contribution >= 0.6 is 7.82 Å². The lowest BCUT2D eigenvalue weighted by atomic mass is 10.1. The van der Waals surface area contributed by atoms with Gasteiger partial charge in [-0.3, -0.25) is 23.4 Å². The Bertz CT molecular complexity index is 1500. The number of hydrogen-bond acceptors (Lipinski definition) is 10. The second-order valence-electron chi connectivity index (χ2n) is 18.0. The summed E-state index contributed by atoms with van der Waals surface area (Å²) in [7, 11) is -4.76. The van der Waals surface area contributed by atoms with Crippen molar-refractivity contribution in [1.82, 2.24) is 0 Å². The number of aliphatic hydroxyl groups excluding tert-OH is 1. The molecule has 0 aliphatic heterocycles. The third-order valence-corrected chi connectivity index (χ3v) is 12.2. The van der Waals surface area contributed by atoms with Crippen LogP contribution < -0.4 is 0 Å². The molecule has 0 fully saturated rings. The van der Waals surface area contributed by atoms with Gasteiger partial charge in [0, 0.05) is 19.3 Å². The Hall–Kier alpha value is -3.34. The summed E-state index contributed by atoms with van der Waals surface area (Å²) in [6, 6.07) is 0. The van der Waals surface area contributed by atoms with Crippen molar-refractivity contribution in [3.05, 3.63) is 85.1 Å². The van der Waals surface area contributed by atoms with Gasteiger partial charge in [-0.05, 0) is 116 Å². The Kier molecular flexibility index (Phi) is 49.5. The van der Waals surface area contributed by atoms with E-state index in [0.717, 1.165) is 128 Å². The van der Waals surface area contributed by atoms with Gasteiger partial charge >= 0.3 is 25.7 Å². The molecule has 0 spiro atoms. The molecule has 0 bridgehead atoms. The van der Waals surface area contributed by atoms with E-state index in [4.69, 9.17) is 23.3 Å². The standard InChI is InChI=1S/C58H99O11P/c1-4-7-10-13-16-19-22-25-27-30-33-36-39-42-45-48-57(61)68-54(50-59)52-66-70(63,64)67-53-55(51-65-56(60)47-44-41-38-35-32-29-24-21-18-15-12-9-6-3)69-58(62)49-46-43-40-37-34-31-28-26-23-20-17-14-11-8-5-2/h9,12,16-21,25-29,32,54-55,59H,4-8,10-11,13-15,22-24,30-31,33-53H2,1-3H3,(H,63,64)/b12-9-,19-16-,20-17-,21-18-,27-25-,28-26-,32-29-. The first-order chi connectivity index (χ1) is 34.2. The molecule has 0 radical (unpaired) electrons. The molecular weight excluding hydrogens is 904 g/mol. The highest BCUT2D eigenvalue weighted by Gasteiger charge is 2.28. The number of carbonyl (C=O) groups excluding carboxylic acids is 3. The monoisotopic (exact) mass is 1000 g/mol. The number of allylic oxidation sites excluding steroid dienone is 14. The molecule has 3 atom stereocenters. The Balaban J connectivity index is 4.79. The van der Waals surface area contributed by atoms with Gasteiger partial charge in [-0.1, -0.05) is 176 Å². The van der Waals surface area contributed by atoms with Gasteiger partial charge in [0.15, 0.2) is 6.10 Å². The maximum atomic E-state index is 12.9. The molecular formula is C58H99O11P. The Morgan fingerprint density at radius 2 is 0.743 bits per heavy atom. The molecule has 11 nitrogen and oxygen atoms in total. The van der Waals surface area contributed by atoms with Crippen LogP contribution in [0.15, 0.2) is 85.1 Å². The molecule has 12 heteroatoms. The van der Waals surface area contributed by atoms with Gasteiger partial charge in [-0.2, -0.15) is 0 Å².